The number of ether oxygens (including phenoxy) is 2. The highest BCUT2D eigenvalue weighted by molar-refractivity contribution is 6.34. The minimum Gasteiger partial charge on any atom is -0.476 e. The van der Waals surface area contributed by atoms with Crippen molar-refractivity contribution in [1.29, 1.82) is 0 Å². The number of benzene rings is 1. The topological polar surface area (TPSA) is 55.8 Å². The lowest BCUT2D eigenvalue weighted by Gasteiger charge is -2.19. The van der Waals surface area contributed by atoms with Crippen LogP contribution in [-0.2, 0) is 14.3 Å². The highest BCUT2D eigenvalue weighted by Gasteiger charge is 2.41. The summed E-state index contributed by atoms with van der Waals surface area (Å²) in [6, 6.07) is 2.32. The summed E-state index contributed by atoms with van der Waals surface area (Å²) in [5, 5.41) is 0.0356. The van der Waals surface area contributed by atoms with Gasteiger partial charge in [0.1, 0.15) is 18.2 Å². The van der Waals surface area contributed by atoms with Crippen molar-refractivity contribution < 1.29 is 23.5 Å². The zero-order valence-corrected chi connectivity index (χ0v) is 15.9. The van der Waals surface area contributed by atoms with E-state index >= 15 is 0 Å². The first kappa shape index (κ1) is 19.4. The molecular formula is C20H19ClFNO4. The standard InChI is InChI=1S/C20H19ClFNO4/c1-12(6-5-9-26-2)27-18-11-17(16(22)10-15(18)21)23-19(24)13-7-3-4-8-14(13)20(23)25/h10-12H,3-4,7-9H2,1-2H3. The van der Waals surface area contributed by atoms with Gasteiger partial charge in [-0.2, -0.15) is 0 Å². The monoisotopic (exact) mass is 391 g/mol. The van der Waals surface area contributed by atoms with E-state index in [2.05, 4.69) is 11.8 Å². The molecule has 1 heterocycles. The number of carbonyl (C=O) groups excluding carboxylic acids is 2. The van der Waals surface area contributed by atoms with Crippen LogP contribution in [0.2, 0.25) is 5.02 Å². The summed E-state index contributed by atoms with van der Waals surface area (Å²) in [4.78, 5) is 26.2. The van der Waals surface area contributed by atoms with Crippen molar-refractivity contribution in [2.75, 3.05) is 18.6 Å². The van der Waals surface area contributed by atoms with E-state index in [-0.39, 0.29) is 23.1 Å². The molecular weight excluding hydrogens is 373 g/mol. The van der Waals surface area contributed by atoms with Crippen LogP contribution in [0.3, 0.4) is 0 Å². The highest BCUT2D eigenvalue weighted by Crippen LogP contribution is 2.39. The van der Waals surface area contributed by atoms with E-state index in [0.717, 1.165) is 23.8 Å². The molecule has 0 spiro atoms. The first-order valence-corrected chi connectivity index (χ1v) is 9.05. The average Bonchev–Trinajstić information content (AvgIpc) is 2.89. The Morgan fingerprint density at radius 2 is 1.85 bits per heavy atom. The second-order valence-corrected chi connectivity index (χ2v) is 6.77. The molecule has 1 aromatic carbocycles. The number of halogens is 2. The molecule has 1 aromatic rings. The summed E-state index contributed by atoms with van der Waals surface area (Å²) in [5.74, 6) is 4.05. The fourth-order valence-corrected chi connectivity index (χ4v) is 3.41. The molecule has 1 aliphatic heterocycles. The normalized spacial score (nSPS) is 17.6. The van der Waals surface area contributed by atoms with Crippen LogP contribution < -0.4 is 9.64 Å². The number of anilines is 1. The third-order valence-corrected chi connectivity index (χ3v) is 4.75. The van der Waals surface area contributed by atoms with Crippen LogP contribution in [0.5, 0.6) is 5.75 Å². The van der Waals surface area contributed by atoms with Gasteiger partial charge in [0.15, 0.2) is 6.10 Å². The first-order chi connectivity index (χ1) is 12.9. The van der Waals surface area contributed by atoms with E-state index in [1.54, 1.807) is 6.92 Å². The maximum atomic E-state index is 14.5. The van der Waals surface area contributed by atoms with Crippen LogP contribution in [0.25, 0.3) is 0 Å². The van der Waals surface area contributed by atoms with E-state index in [1.807, 2.05) is 0 Å². The van der Waals surface area contributed by atoms with Crippen molar-refractivity contribution in [3.63, 3.8) is 0 Å². The molecule has 0 aromatic heterocycles. The van der Waals surface area contributed by atoms with Crippen LogP contribution >= 0.6 is 11.6 Å². The maximum Gasteiger partial charge on any atom is 0.261 e. The van der Waals surface area contributed by atoms with Gasteiger partial charge in [-0.3, -0.25) is 9.59 Å². The Morgan fingerprint density at radius 1 is 1.22 bits per heavy atom. The van der Waals surface area contributed by atoms with Gasteiger partial charge in [0.2, 0.25) is 0 Å². The van der Waals surface area contributed by atoms with Crippen molar-refractivity contribution in [1.82, 2.24) is 0 Å². The Balaban J connectivity index is 1.90. The quantitative estimate of drug-likeness (QED) is 0.581. The van der Waals surface area contributed by atoms with Gasteiger partial charge in [-0.15, -0.1) is 0 Å². The predicted octanol–water partition coefficient (Wildman–Crippen LogP) is 3.64. The van der Waals surface area contributed by atoms with Gasteiger partial charge in [0.05, 0.1) is 10.7 Å². The van der Waals surface area contributed by atoms with Crippen LogP contribution in [0, 0.1) is 17.7 Å². The summed E-state index contributed by atoms with van der Waals surface area (Å²) in [5.41, 5.74) is 0.819. The number of hydrogen-bond donors (Lipinski definition) is 0. The van der Waals surface area contributed by atoms with Crippen molar-refractivity contribution in [2.45, 2.75) is 38.7 Å². The highest BCUT2D eigenvalue weighted by atomic mass is 35.5. The second-order valence-electron chi connectivity index (χ2n) is 6.36. The van der Waals surface area contributed by atoms with Crippen molar-refractivity contribution in [3.8, 4) is 17.6 Å². The van der Waals surface area contributed by atoms with Gasteiger partial charge in [-0.25, -0.2) is 9.29 Å². The summed E-state index contributed by atoms with van der Waals surface area (Å²) in [7, 11) is 1.53. The fourth-order valence-electron chi connectivity index (χ4n) is 3.22. The Kier molecular flexibility index (Phi) is 5.83. The van der Waals surface area contributed by atoms with E-state index in [1.165, 1.54) is 13.2 Å². The minimum atomic E-state index is -0.757. The zero-order chi connectivity index (χ0) is 19.6. The summed E-state index contributed by atoms with van der Waals surface area (Å²) in [6.45, 7) is 1.96. The molecule has 0 saturated carbocycles. The van der Waals surface area contributed by atoms with Crippen LogP contribution in [0.1, 0.15) is 32.6 Å². The average molecular weight is 392 g/mol. The molecule has 7 heteroatoms. The maximum absolute atomic E-state index is 14.5. The number of rotatable bonds is 4. The molecule has 27 heavy (non-hydrogen) atoms. The third kappa shape index (κ3) is 3.85. The fraction of sp³-hybridized carbons (Fsp3) is 0.400. The van der Waals surface area contributed by atoms with Gasteiger partial charge in [0, 0.05) is 24.3 Å². The molecule has 0 bridgehead atoms. The van der Waals surface area contributed by atoms with Crippen LogP contribution in [0.15, 0.2) is 23.3 Å². The molecule has 142 valence electrons. The number of methoxy groups -OCH3 is 1. The van der Waals surface area contributed by atoms with Gasteiger partial charge >= 0.3 is 0 Å². The number of amides is 2. The molecule has 3 rings (SSSR count). The SMILES string of the molecule is COCC#CC(C)Oc1cc(N2C(=O)C3=C(CCCC3)C2=O)c(F)cc1Cl. The molecule has 0 saturated heterocycles. The summed E-state index contributed by atoms with van der Waals surface area (Å²) in [6.07, 6.45) is 2.25. The minimum absolute atomic E-state index is 0.0356. The Labute approximate surface area is 162 Å². The van der Waals surface area contributed by atoms with Crippen molar-refractivity contribution in [3.05, 3.63) is 34.1 Å². The predicted molar refractivity (Wildman–Crippen MR) is 99.1 cm³/mol. The van der Waals surface area contributed by atoms with Crippen molar-refractivity contribution in [2.24, 2.45) is 0 Å². The number of carbonyl (C=O) groups is 2. The number of imide groups is 1. The Bertz CT molecular complexity index is 856. The van der Waals surface area contributed by atoms with Gasteiger partial charge < -0.3 is 9.47 Å². The smallest absolute Gasteiger partial charge is 0.261 e. The summed E-state index contributed by atoms with van der Waals surface area (Å²) >= 11 is 6.07. The van der Waals surface area contributed by atoms with E-state index in [0.29, 0.717) is 24.0 Å². The molecule has 0 radical (unpaired) electrons. The van der Waals surface area contributed by atoms with Gasteiger partial charge in [0.25, 0.3) is 11.8 Å². The molecule has 5 nitrogen and oxygen atoms in total. The van der Waals surface area contributed by atoms with Gasteiger partial charge in [-0.05, 0) is 38.7 Å². The van der Waals surface area contributed by atoms with Gasteiger partial charge in [-0.1, -0.05) is 23.4 Å². The third-order valence-electron chi connectivity index (χ3n) is 4.46. The lowest BCUT2D eigenvalue weighted by atomic mass is 9.93. The Morgan fingerprint density at radius 3 is 2.44 bits per heavy atom. The lowest BCUT2D eigenvalue weighted by molar-refractivity contribution is -0.120. The molecule has 2 amide bonds. The second kappa shape index (κ2) is 8.12. The van der Waals surface area contributed by atoms with E-state index in [4.69, 9.17) is 21.1 Å². The molecule has 0 fully saturated rings. The van der Waals surface area contributed by atoms with Crippen LogP contribution in [-0.4, -0.2) is 31.6 Å². The van der Waals surface area contributed by atoms with E-state index < -0.39 is 23.7 Å². The summed E-state index contributed by atoms with van der Waals surface area (Å²) < 4.78 is 25.0. The van der Waals surface area contributed by atoms with E-state index in [9.17, 15) is 14.0 Å². The molecule has 1 aliphatic carbocycles. The zero-order valence-electron chi connectivity index (χ0n) is 15.1. The number of nitrogens with zero attached hydrogens (tertiary/aromatic N) is 1. The lowest BCUT2D eigenvalue weighted by Crippen LogP contribution is -2.32. The molecule has 0 N–H and O–H groups in total. The largest absolute Gasteiger partial charge is 0.476 e. The first-order valence-electron chi connectivity index (χ1n) is 8.68. The molecule has 2 aliphatic rings. The molecule has 1 unspecified atom stereocenters. The molecule has 1 atom stereocenters. The van der Waals surface area contributed by atoms with Crippen LogP contribution in [0.4, 0.5) is 10.1 Å². The number of hydrogen-bond acceptors (Lipinski definition) is 4. The Hall–Kier alpha value is -2.36. The van der Waals surface area contributed by atoms with Crippen molar-refractivity contribution >= 4 is 29.1 Å².